The number of carbonyl (C=O) groups excluding carboxylic acids is 1. The number of hydrogen-bond acceptors (Lipinski definition) is 1. The highest BCUT2D eigenvalue weighted by Crippen LogP contribution is 2.30. The first-order chi connectivity index (χ1) is 7.38. The van der Waals surface area contributed by atoms with E-state index < -0.39 is 0 Å². The number of alkyl halides is 1. The van der Waals surface area contributed by atoms with Crippen LogP contribution in [0, 0.1) is 11.8 Å². The van der Waals surface area contributed by atoms with Gasteiger partial charge in [-0.05, 0) is 45.4 Å². The molecule has 0 aliphatic heterocycles. The highest BCUT2D eigenvalue weighted by Gasteiger charge is 2.32. The topological polar surface area (TPSA) is 20.3 Å². The highest BCUT2D eigenvalue weighted by atomic mass is 35.5. The van der Waals surface area contributed by atoms with Crippen molar-refractivity contribution < 1.29 is 4.79 Å². The maximum absolute atomic E-state index is 12.3. The van der Waals surface area contributed by atoms with Gasteiger partial charge in [0.1, 0.15) is 0 Å². The molecule has 1 fully saturated rings. The molecule has 3 heteroatoms. The fraction of sp³-hybridized carbons (Fsp3) is 0.923. The molecule has 1 aliphatic rings. The number of amides is 1. The van der Waals surface area contributed by atoms with E-state index in [4.69, 9.17) is 11.6 Å². The van der Waals surface area contributed by atoms with Crippen LogP contribution < -0.4 is 0 Å². The molecular weight excluding hydrogens is 222 g/mol. The van der Waals surface area contributed by atoms with Crippen LogP contribution in [0.1, 0.15) is 46.5 Å². The molecule has 0 aromatic carbocycles. The maximum atomic E-state index is 12.3. The van der Waals surface area contributed by atoms with E-state index in [1.165, 1.54) is 12.8 Å². The van der Waals surface area contributed by atoms with Gasteiger partial charge in [0.05, 0.1) is 5.54 Å². The van der Waals surface area contributed by atoms with Crippen LogP contribution in [-0.2, 0) is 4.79 Å². The van der Waals surface area contributed by atoms with Crippen molar-refractivity contribution in [3.8, 4) is 0 Å². The zero-order valence-electron chi connectivity index (χ0n) is 10.9. The Kier molecular flexibility index (Phi) is 4.66. The summed E-state index contributed by atoms with van der Waals surface area (Å²) in [4.78, 5) is 14.1. The predicted octanol–water partition coefficient (Wildman–Crippen LogP) is 3.29. The second kappa shape index (κ2) is 5.39. The summed E-state index contributed by atoms with van der Waals surface area (Å²) < 4.78 is 0. The zero-order chi connectivity index (χ0) is 12.3. The molecule has 0 atom stereocenters. The molecule has 0 unspecified atom stereocenters. The number of nitrogens with zero attached hydrogens (tertiary/aromatic N) is 1. The molecule has 1 aliphatic carbocycles. The molecule has 0 aromatic rings. The minimum absolute atomic E-state index is 0.226. The summed E-state index contributed by atoms with van der Waals surface area (Å²) in [6, 6.07) is 0. The second-order valence-corrected chi connectivity index (χ2v) is 6.07. The second-order valence-electron chi connectivity index (χ2n) is 5.80. The number of halogens is 1. The van der Waals surface area contributed by atoms with Crippen LogP contribution in [0.4, 0.5) is 0 Å². The summed E-state index contributed by atoms with van der Waals surface area (Å²) >= 11 is 5.90. The van der Waals surface area contributed by atoms with Crippen molar-refractivity contribution >= 4 is 17.5 Å². The van der Waals surface area contributed by atoms with Gasteiger partial charge in [-0.3, -0.25) is 4.79 Å². The van der Waals surface area contributed by atoms with Gasteiger partial charge in [-0.1, -0.05) is 6.92 Å². The lowest BCUT2D eigenvalue weighted by Gasteiger charge is -2.37. The van der Waals surface area contributed by atoms with Gasteiger partial charge in [0, 0.05) is 18.8 Å². The van der Waals surface area contributed by atoms with Gasteiger partial charge >= 0.3 is 0 Å². The van der Waals surface area contributed by atoms with Gasteiger partial charge in [0.2, 0.25) is 5.91 Å². The molecule has 0 saturated heterocycles. The Morgan fingerprint density at radius 3 is 2.25 bits per heavy atom. The third kappa shape index (κ3) is 3.13. The molecule has 1 rings (SSSR count). The van der Waals surface area contributed by atoms with E-state index in [0.717, 1.165) is 18.8 Å². The third-order valence-corrected chi connectivity index (χ3v) is 4.58. The Bertz CT molecular complexity index is 244. The molecule has 0 heterocycles. The molecule has 0 aromatic heterocycles. The molecule has 2 nitrogen and oxygen atoms in total. The first kappa shape index (κ1) is 13.8. The van der Waals surface area contributed by atoms with Crippen LogP contribution >= 0.6 is 11.6 Å². The van der Waals surface area contributed by atoms with E-state index >= 15 is 0 Å². The lowest BCUT2D eigenvalue weighted by Crippen LogP contribution is -2.49. The van der Waals surface area contributed by atoms with Crippen molar-refractivity contribution in [2.75, 3.05) is 12.9 Å². The van der Waals surface area contributed by atoms with Gasteiger partial charge < -0.3 is 4.90 Å². The molecule has 0 radical (unpaired) electrons. The Morgan fingerprint density at radius 2 is 1.81 bits per heavy atom. The molecule has 1 amide bonds. The van der Waals surface area contributed by atoms with Gasteiger partial charge in [-0.2, -0.15) is 0 Å². The van der Waals surface area contributed by atoms with Crippen LogP contribution in [0.3, 0.4) is 0 Å². The van der Waals surface area contributed by atoms with Crippen LogP contribution in [0.25, 0.3) is 0 Å². The smallest absolute Gasteiger partial charge is 0.225 e. The van der Waals surface area contributed by atoms with Crippen molar-refractivity contribution in [2.24, 2.45) is 11.8 Å². The average Bonchev–Trinajstić information content (AvgIpc) is 2.28. The van der Waals surface area contributed by atoms with E-state index in [-0.39, 0.29) is 17.4 Å². The molecule has 16 heavy (non-hydrogen) atoms. The summed E-state index contributed by atoms with van der Waals surface area (Å²) in [6.45, 7) is 6.31. The zero-order valence-corrected chi connectivity index (χ0v) is 11.7. The average molecular weight is 246 g/mol. The quantitative estimate of drug-likeness (QED) is 0.699. The maximum Gasteiger partial charge on any atom is 0.225 e. The molecular formula is C13H24ClNO. The molecule has 1 saturated carbocycles. The lowest BCUT2D eigenvalue weighted by molar-refractivity contribution is -0.139. The van der Waals surface area contributed by atoms with E-state index in [1.54, 1.807) is 0 Å². The van der Waals surface area contributed by atoms with Gasteiger partial charge in [0.15, 0.2) is 0 Å². The van der Waals surface area contributed by atoms with Crippen molar-refractivity contribution in [1.82, 2.24) is 4.90 Å². The van der Waals surface area contributed by atoms with Crippen molar-refractivity contribution in [3.05, 3.63) is 0 Å². The largest absolute Gasteiger partial charge is 0.339 e. The number of rotatable bonds is 3. The Labute approximate surface area is 104 Å². The highest BCUT2D eigenvalue weighted by molar-refractivity contribution is 6.18. The summed E-state index contributed by atoms with van der Waals surface area (Å²) in [5, 5.41) is 0. The molecule has 94 valence electrons. The minimum atomic E-state index is -0.234. The summed E-state index contributed by atoms with van der Waals surface area (Å²) in [5.41, 5.74) is -0.234. The fourth-order valence-corrected chi connectivity index (χ4v) is 2.35. The Morgan fingerprint density at radius 1 is 1.31 bits per heavy atom. The van der Waals surface area contributed by atoms with Crippen molar-refractivity contribution in [2.45, 2.75) is 52.0 Å². The van der Waals surface area contributed by atoms with Crippen LogP contribution in [0.5, 0.6) is 0 Å². The summed E-state index contributed by atoms with van der Waals surface area (Å²) in [6.07, 6.45) is 4.46. The first-order valence-electron chi connectivity index (χ1n) is 6.22. The van der Waals surface area contributed by atoms with Crippen LogP contribution in [0.2, 0.25) is 0 Å². The Balaban J connectivity index is 2.57. The van der Waals surface area contributed by atoms with E-state index in [9.17, 15) is 4.79 Å². The van der Waals surface area contributed by atoms with Crippen LogP contribution in [-0.4, -0.2) is 29.3 Å². The van der Waals surface area contributed by atoms with E-state index in [1.807, 2.05) is 25.8 Å². The minimum Gasteiger partial charge on any atom is -0.339 e. The molecule has 0 bridgehead atoms. The monoisotopic (exact) mass is 245 g/mol. The summed E-state index contributed by atoms with van der Waals surface area (Å²) in [7, 11) is 1.88. The third-order valence-electron chi connectivity index (χ3n) is 3.93. The lowest BCUT2D eigenvalue weighted by atomic mass is 9.82. The van der Waals surface area contributed by atoms with Gasteiger partial charge in [-0.25, -0.2) is 0 Å². The van der Waals surface area contributed by atoms with E-state index in [2.05, 4.69) is 6.92 Å². The SMILES string of the molecule is CC1CCC(C(=O)N(C)C(C)(C)CCl)CC1. The van der Waals surface area contributed by atoms with E-state index in [0.29, 0.717) is 5.88 Å². The first-order valence-corrected chi connectivity index (χ1v) is 6.75. The van der Waals surface area contributed by atoms with Crippen molar-refractivity contribution in [3.63, 3.8) is 0 Å². The predicted molar refractivity (Wildman–Crippen MR) is 68.7 cm³/mol. The fourth-order valence-electron chi connectivity index (χ4n) is 2.17. The van der Waals surface area contributed by atoms with Crippen LogP contribution in [0.15, 0.2) is 0 Å². The van der Waals surface area contributed by atoms with Crippen molar-refractivity contribution in [1.29, 1.82) is 0 Å². The molecule has 0 N–H and O–H groups in total. The van der Waals surface area contributed by atoms with Gasteiger partial charge in [-0.15, -0.1) is 11.6 Å². The van der Waals surface area contributed by atoms with Gasteiger partial charge in [0.25, 0.3) is 0 Å². The standard InChI is InChI=1S/C13H24ClNO/c1-10-5-7-11(8-6-10)12(16)15(4)13(2,3)9-14/h10-11H,5-9H2,1-4H3. The molecule has 0 spiro atoms. The summed E-state index contributed by atoms with van der Waals surface area (Å²) in [5.74, 6) is 1.77. The normalized spacial score (nSPS) is 26.6. The number of hydrogen-bond donors (Lipinski definition) is 0. The Hall–Kier alpha value is -0.240. The number of carbonyl (C=O) groups is 1.